The highest BCUT2D eigenvalue weighted by Gasteiger charge is 2.15. The number of nitrogens with two attached hydrogens (primary N) is 1. The molecule has 1 aromatic heterocycles. The molecular weight excluding hydrogens is 268 g/mol. The van der Waals surface area contributed by atoms with E-state index in [9.17, 15) is 14.9 Å². The minimum atomic E-state index is -0.628. The second-order valence-electron chi connectivity index (χ2n) is 3.74. The first kappa shape index (κ1) is 13.0. The highest BCUT2D eigenvalue weighted by molar-refractivity contribution is 7.07. The zero-order valence-corrected chi connectivity index (χ0v) is 10.8. The summed E-state index contributed by atoms with van der Waals surface area (Å²) >= 11 is 1.30. The number of benzene rings is 1. The van der Waals surface area contributed by atoms with Crippen molar-refractivity contribution in [2.24, 2.45) is 12.0 Å². The molecule has 19 heavy (non-hydrogen) atoms. The third-order valence-corrected chi connectivity index (χ3v) is 3.28. The third kappa shape index (κ3) is 2.68. The van der Waals surface area contributed by atoms with Crippen LogP contribution in [0.4, 0.5) is 11.4 Å². The molecule has 0 aliphatic heterocycles. The van der Waals surface area contributed by atoms with Crippen molar-refractivity contribution in [3.05, 3.63) is 50.3 Å². The molecule has 0 saturated heterocycles. The Morgan fingerprint density at radius 1 is 1.53 bits per heavy atom. The second kappa shape index (κ2) is 5.02. The number of nitro benzene ring substituents is 1. The number of rotatable bonds is 2. The monoisotopic (exact) mass is 278 g/mol. The summed E-state index contributed by atoms with van der Waals surface area (Å²) < 4.78 is 1.69. The van der Waals surface area contributed by atoms with Crippen molar-refractivity contribution in [2.75, 3.05) is 5.73 Å². The lowest BCUT2D eigenvalue weighted by molar-refractivity contribution is -0.383. The molecule has 0 fully saturated rings. The van der Waals surface area contributed by atoms with E-state index < -0.39 is 10.8 Å². The molecule has 2 aromatic rings. The van der Waals surface area contributed by atoms with Crippen molar-refractivity contribution >= 4 is 28.6 Å². The van der Waals surface area contributed by atoms with Gasteiger partial charge < -0.3 is 10.3 Å². The van der Waals surface area contributed by atoms with Crippen molar-refractivity contribution in [2.45, 2.75) is 0 Å². The van der Waals surface area contributed by atoms with Gasteiger partial charge in [0.1, 0.15) is 5.69 Å². The van der Waals surface area contributed by atoms with Gasteiger partial charge in [0.05, 0.1) is 4.92 Å². The zero-order valence-electron chi connectivity index (χ0n) is 9.94. The molecular formula is C11H10N4O3S. The van der Waals surface area contributed by atoms with E-state index in [1.54, 1.807) is 23.2 Å². The predicted molar refractivity (Wildman–Crippen MR) is 70.7 cm³/mol. The Kier molecular flexibility index (Phi) is 3.43. The van der Waals surface area contributed by atoms with Crippen molar-refractivity contribution in [1.82, 2.24) is 4.57 Å². The third-order valence-electron chi connectivity index (χ3n) is 2.43. The maximum Gasteiger partial charge on any atom is 0.292 e. The molecule has 0 bridgehead atoms. The topological polar surface area (TPSA) is 104 Å². The summed E-state index contributed by atoms with van der Waals surface area (Å²) in [4.78, 5) is 26.5. The Bertz CT molecular complexity index is 717. The van der Waals surface area contributed by atoms with Gasteiger partial charge in [-0.2, -0.15) is 4.99 Å². The van der Waals surface area contributed by atoms with Crippen LogP contribution in [0.15, 0.2) is 34.8 Å². The van der Waals surface area contributed by atoms with Crippen molar-refractivity contribution in [3.63, 3.8) is 0 Å². The molecule has 1 amide bonds. The van der Waals surface area contributed by atoms with Crippen LogP contribution in [0.25, 0.3) is 0 Å². The number of amides is 1. The molecule has 1 heterocycles. The van der Waals surface area contributed by atoms with Crippen molar-refractivity contribution in [1.29, 1.82) is 0 Å². The Morgan fingerprint density at radius 3 is 2.84 bits per heavy atom. The van der Waals surface area contributed by atoms with E-state index in [1.807, 2.05) is 0 Å². The average Bonchev–Trinajstić information content (AvgIpc) is 2.75. The smallest absolute Gasteiger partial charge is 0.292 e. The molecule has 2 N–H and O–H groups in total. The number of carbonyl (C=O) groups excluding carboxylic acids is 1. The van der Waals surface area contributed by atoms with Gasteiger partial charge in [-0.25, -0.2) is 0 Å². The van der Waals surface area contributed by atoms with Crippen molar-refractivity contribution in [3.8, 4) is 0 Å². The normalized spacial score (nSPS) is 11.5. The molecule has 2 rings (SSSR count). The van der Waals surface area contributed by atoms with Crippen LogP contribution in [-0.2, 0) is 7.05 Å². The van der Waals surface area contributed by atoms with Crippen LogP contribution in [0, 0.1) is 10.1 Å². The zero-order chi connectivity index (χ0) is 14.0. The van der Waals surface area contributed by atoms with E-state index in [1.165, 1.54) is 23.5 Å². The Labute approximate surface area is 111 Å². The first-order valence-corrected chi connectivity index (χ1v) is 6.10. The van der Waals surface area contributed by atoms with E-state index in [-0.39, 0.29) is 16.9 Å². The summed E-state index contributed by atoms with van der Waals surface area (Å²) in [5.74, 6) is -0.541. The Hall–Kier alpha value is -2.48. The van der Waals surface area contributed by atoms with Gasteiger partial charge >= 0.3 is 0 Å². The molecule has 0 atom stereocenters. The fourth-order valence-electron chi connectivity index (χ4n) is 1.42. The van der Waals surface area contributed by atoms with Gasteiger partial charge in [0.25, 0.3) is 11.6 Å². The fraction of sp³-hybridized carbons (Fsp3) is 0.0909. The quantitative estimate of drug-likeness (QED) is 0.508. The van der Waals surface area contributed by atoms with E-state index in [4.69, 9.17) is 5.73 Å². The first-order chi connectivity index (χ1) is 8.99. The van der Waals surface area contributed by atoms with E-state index in [0.717, 1.165) is 6.07 Å². The first-order valence-electron chi connectivity index (χ1n) is 5.22. The number of anilines is 1. The van der Waals surface area contributed by atoms with Gasteiger partial charge in [-0.1, -0.05) is 0 Å². The SMILES string of the molecule is Cn1ccsc1=NC(=O)c1ccc(N)c([N+](=O)[O-])c1. The van der Waals surface area contributed by atoms with Gasteiger partial charge in [0.2, 0.25) is 0 Å². The van der Waals surface area contributed by atoms with Crippen LogP contribution in [-0.4, -0.2) is 15.4 Å². The number of nitro groups is 1. The van der Waals surface area contributed by atoms with E-state index in [2.05, 4.69) is 4.99 Å². The highest BCUT2D eigenvalue weighted by atomic mass is 32.1. The van der Waals surface area contributed by atoms with Crippen LogP contribution in [0.5, 0.6) is 0 Å². The van der Waals surface area contributed by atoms with Crippen LogP contribution >= 0.6 is 11.3 Å². The molecule has 98 valence electrons. The number of nitrogens with zero attached hydrogens (tertiary/aromatic N) is 3. The summed E-state index contributed by atoms with van der Waals surface area (Å²) in [6.45, 7) is 0. The number of hydrogen-bond acceptors (Lipinski definition) is 5. The van der Waals surface area contributed by atoms with Gasteiger partial charge in [-0.3, -0.25) is 14.9 Å². The number of aromatic nitrogens is 1. The van der Waals surface area contributed by atoms with Gasteiger partial charge in [0.15, 0.2) is 4.80 Å². The number of aryl methyl sites for hydroxylation is 1. The molecule has 7 nitrogen and oxygen atoms in total. The molecule has 0 aliphatic rings. The summed E-state index contributed by atoms with van der Waals surface area (Å²) in [6, 6.07) is 3.88. The maximum atomic E-state index is 11.9. The number of hydrogen-bond donors (Lipinski definition) is 1. The van der Waals surface area contributed by atoms with Gasteiger partial charge in [0, 0.05) is 30.3 Å². The molecule has 0 saturated carbocycles. The number of carbonyl (C=O) groups is 1. The lowest BCUT2D eigenvalue weighted by Crippen LogP contribution is -2.12. The molecule has 0 unspecified atom stereocenters. The Morgan fingerprint density at radius 2 is 2.26 bits per heavy atom. The summed E-state index contributed by atoms with van der Waals surface area (Å²) in [5.41, 5.74) is 5.32. The molecule has 8 heteroatoms. The molecule has 1 aromatic carbocycles. The minimum absolute atomic E-state index is 0.0169. The van der Waals surface area contributed by atoms with E-state index in [0.29, 0.717) is 4.80 Å². The lowest BCUT2D eigenvalue weighted by Gasteiger charge is -1.99. The molecule has 0 spiro atoms. The second-order valence-corrected chi connectivity index (χ2v) is 4.62. The van der Waals surface area contributed by atoms with Crippen LogP contribution in [0.3, 0.4) is 0 Å². The summed E-state index contributed by atoms with van der Waals surface area (Å²) in [7, 11) is 1.76. The average molecular weight is 278 g/mol. The van der Waals surface area contributed by atoms with Crippen molar-refractivity contribution < 1.29 is 9.72 Å². The van der Waals surface area contributed by atoms with Crippen LogP contribution < -0.4 is 10.5 Å². The Balaban J connectivity index is 2.44. The lowest BCUT2D eigenvalue weighted by atomic mass is 10.1. The van der Waals surface area contributed by atoms with Gasteiger partial charge in [-0.05, 0) is 12.1 Å². The van der Waals surface area contributed by atoms with E-state index >= 15 is 0 Å². The molecule has 0 radical (unpaired) electrons. The predicted octanol–water partition coefficient (Wildman–Crippen LogP) is 1.32. The highest BCUT2D eigenvalue weighted by Crippen LogP contribution is 2.22. The fourth-order valence-corrected chi connectivity index (χ4v) is 2.15. The van der Waals surface area contributed by atoms with Crippen LogP contribution in [0.2, 0.25) is 0 Å². The number of thiazole rings is 1. The summed E-state index contributed by atoms with van der Waals surface area (Å²) in [6.07, 6.45) is 1.77. The minimum Gasteiger partial charge on any atom is -0.393 e. The summed E-state index contributed by atoms with van der Waals surface area (Å²) in [5, 5.41) is 12.5. The number of nitrogen functional groups attached to an aromatic ring is 1. The largest absolute Gasteiger partial charge is 0.393 e. The maximum absolute atomic E-state index is 11.9. The van der Waals surface area contributed by atoms with Crippen LogP contribution in [0.1, 0.15) is 10.4 Å². The molecule has 0 aliphatic carbocycles. The van der Waals surface area contributed by atoms with Gasteiger partial charge in [-0.15, -0.1) is 11.3 Å². The standard InChI is InChI=1S/C11H10N4O3S/c1-14-4-5-19-11(14)13-10(16)7-2-3-8(12)9(6-7)15(17)18/h2-6H,12H2,1H3.